The molecule has 2 atom stereocenters. The van der Waals surface area contributed by atoms with Crippen molar-refractivity contribution in [2.45, 2.75) is 31.6 Å². The van der Waals surface area contributed by atoms with E-state index in [1.165, 1.54) is 0 Å². The molecule has 0 rings (SSSR count). The van der Waals surface area contributed by atoms with Crippen molar-refractivity contribution in [1.29, 1.82) is 0 Å². The Hall–Kier alpha value is -0.160. The van der Waals surface area contributed by atoms with E-state index in [2.05, 4.69) is 11.5 Å². The summed E-state index contributed by atoms with van der Waals surface area (Å²) in [5, 5.41) is 18.8. The molecule has 4 heteroatoms. The van der Waals surface area contributed by atoms with E-state index in [0.717, 1.165) is 19.4 Å². The maximum Gasteiger partial charge on any atom is 0.0953 e. The summed E-state index contributed by atoms with van der Waals surface area (Å²) < 4.78 is 0. The second kappa shape index (κ2) is 5.61. The SMILES string of the molecule is [NH3+]CCCCC([NH3+])C([O-])O. The fraction of sp³-hybridized carbons (Fsp3) is 1.00. The smallest absolute Gasteiger partial charge is 0.0953 e. The van der Waals surface area contributed by atoms with Gasteiger partial charge in [-0.3, -0.25) is 0 Å². The molecule has 0 bridgehead atoms. The molecule has 62 valence electrons. The summed E-state index contributed by atoms with van der Waals surface area (Å²) in [5.41, 5.74) is 7.19. The Morgan fingerprint density at radius 2 is 2.00 bits per heavy atom. The summed E-state index contributed by atoms with van der Waals surface area (Å²) in [6.45, 7) is 0.891. The number of unbranched alkanes of at least 4 members (excludes halogenated alkanes) is 1. The second-order valence-electron chi connectivity index (χ2n) is 2.50. The summed E-state index contributed by atoms with van der Waals surface area (Å²) in [4.78, 5) is 0. The van der Waals surface area contributed by atoms with Crippen LogP contribution in [0.5, 0.6) is 0 Å². The van der Waals surface area contributed by atoms with Crippen LogP contribution < -0.4 is 16.6 Å². The van der Waals surface area contributed by atoms with Crippen LogP contribution in [0.4, 0.5) is 0 Å². The molecule has 2 unspecified atom stereocenters. The largest absolute Gasteiger partial charge is 0.827 e. The topological polar surface area (TPSA) is 98.6 Å². The van der Waals surface area contributed by atoms with Crippen molar-refractivity contribution in [1.82, 2.24) is 0 Å². The lowest BCUT2D eigenvalue weighted by Crippen LogP contribution is -2.69. The summed E-state index contributed by atoms with van der Waals surface area (Å²) in [6.07, 6.45) is 1.15. The van der Waals surface area contributed by atoms with E-state index in [0.29, 0.717) is 6.42 Å². The van der Waals surface area contributed by atoms with Crippen molar-refractivity contribution >= 4 is 0 Å². The van der Waals surface area contributed by atoms with Gasteiger partial charge < -0.3 is 21.7 Å². The molecule has 4 nitrogen and oxygen atoms in total. The predicted octanol–water partition coefficient (Wildman–Crippen LogP) is -3.31. The van der Waals surface area contributed by atoms with Gasteiger partial charge in [-0.25, -0.2) is 0 Å². The quantitative estimate of drug-likeness (QED) is 0.282. The molecule has 0 aromatic carbocycles. The van der Waals surface area contributed by atoms with Gasteiger partial charge in [-0.2, -0.15) is 0 Å². The Kier molecular flexibility index (Phi) is 5.52. The minimum Gasteiger partial charge on any atom is -0.827 e. The molecule has 0 spiro atoms. The van der Waals surface area contributed by atoms with Gasteiger partial charge in [0.05, 0.1) is 12.6 Å². The second-order valence-corrected chi connectivity index (χ2v) is 2.50. The zero-order valence-electron chi connectivity index (χ0n) is 6.25. The van der Waals surface area contributed by atoms with Crippen molar-refractivity contribution in [2.24, 2.45) is 0 Å². The van der Waals surface area contributed by atoms with Crippen LogP contribution in [0.15, 0.2) is 0 Å². The lowest BCUT2D eigenvalue weighted by Gasteiger charge is -2.19. The highest BCUT2D eigenvalue weighted by Gasteiger charge is 2.06. The van der Waals surface area contributed by atoms with Gasteiger partial charge in [-0.05, 0) is 12.8 Å². The van der Waals surface area contributed by atoms with Gasteiger partial charge in [-0.15, -0.1) is 0 Å². The molecule has 0 aromatic rings. The summed E-state index contributed by atoms with van der Waals surface area (Å²) >= 11 is 0. The van der Waals surface area contributed by atoms with Crippen LogP contribution in [0, 0.1) is 0 Å². The number of hydrogen-bond acceptors (Lipinski definition) is 2. The monoisotopic (exact) mass is 149 g/mol. The molecule has 0 saturated carbocycles. The van der Waals surface area contributed by atoms with Crippen LogP contribution in [0.1, 0.15) is 19.3 Å². The van der Waals surface area contributed by atoms with Crippen molar-refractivity contribution in [3.63, 3.8) is 0 Å². The van der Waals surface area contributed by atoms with Gasteiger partial charge in [0.1, 0.15) is 0 Å². The molecule has 7 N–H and O–H groups in total. The Bertz CT molecular complexity index is 78.1. The van der Waals surface area contributed by atoms with Crippen LogP contribution in [0.25, 0.3) is 0 Å². The van der Waals surface area contributed by atoms with Gasteiger partial charge in [0.2, 0.25) is 0 Å². The maximum absolute atomic E-state index is 10.3. The molecule has 0 aliphatic rings. The Labute approximate surface area is 60.8 Å². The first-order valence-electron chi connectivity index (χ1n) is 3.64. The number of rotatable bonds is 5. The summed E-state index contributed by atoms with van der Waals surface area (Å²) in [7, 11) is 0. The van der Waals surface area contributed by atoms with E-state index in [1.807, 2.05) is 0 Å². The minimum atomic E-state index is -1.51. The van der Waals surface area contributed by atoms with E-state index in [1.54, 1.807) is 0 Å². The van der Waals surface area contributed by atoms with Crippen molar-refractivity contribution in [3.05, 3.63) is 0 Å². The fourth-order valence-corrected chi connectivity index (χ4v) is 0.726. The van der Waals surface area contributed by atoms with Crippen molar-refractivity contribution < 1.29 is 21.7 Å². The molecular weight excluding hydrogens is 132 g/mol. The predicted molar refractivity (Wildman–Crippen MR) is 34.3 cm³/mol. The van der Waals surface area contributed by atoms with Crippen LogP contribution >= 0.6 is 0 Å². The molecule has 0 saturated heterocycles. The molecule has 0 amide bonds. The van der Waals surface area contributed by atoms with Crippen LogP contribution in [0.3, 0.4) is 0 Å². The first-order chi connectivity index (χ1) is 4.68. The molecule has 0 heterocycles. The zero-order chi connectivity index (χ0) is 7.98. The molecule has 0 fully saturated rings. The van der Waals surface area contributed by atoms with Gasteiger partial charge in [0.15, 0.2) is 0 Å². The highest BCUT2D eigenvalue weighted by Crippen LogP contribution is 1.96. The van der Waals surface area contributed by atoms with Crippen molar-refractivity contribution in [2.75, 3.05) is 6.54 Å². The van der Waals surface area contributed by atoms with E-state index >= 15 is 0 Å². The normalized spacial score (nSPS) is 16.8. The standard InChI is InChI=1S/C6H15N2O2/c7-4-2-1-3-5(8)6(9)10/h5-6,9H,1-4,7-8H2/q-1/p+2. The lowest BCUT2D eigenvalue weighted by molar-refractivity contribution is -0.572. The molecule has 0 radical (unpaired) electrons. The number of hydrogen-bond donors (Lipinski definition) is 3. The highest BCUT2D eigenvalue weighted by atomic mass is 16.5. The molecule has 0 aliphatic heterocycles. The first kappa shape index (κ1) is 9.84. The third-order valence-electron chi connectivity index (χ3n) is 1.48. The Morgan fingerprint density at radius 1 is 1.40 bits per heavy atom. The third-order valence-corrected chi connectivity index (χ3v) is 1.48. The Morgan fingerprint density at radius 3 is 2.40 bits per heavy atom. The zero-order valence-corrected chi connectivity index (χ0v) is 6.25. The van der Waals surface area contributed by atoms with Crippen LogP contribution in [-0.4, -0.2) is 24.0 Å². The summed E-state index contributed by atoms with van der Waals surface area (Å²) in [6, 6.07) is -0.355. The maximum atomic E-state index is 10.3. The third kappa shape index (κ3) is 4.69. The average Bonchev–Trinajstić information content (AvgIpc) is 1.88. The van der Waals surface area contributed by atoms with Gasteiger partial charge in [0, 0.05) is 12.7 Å². The minimum absolute atomic E-state index is 0.355. The van der Waals surface area contributed by atoms with E-state index in [4.69, 9.17) is 5.11 Å². The van der Waals surface area contributed by atoms with Gasteiger partial charge in [0.25, 0.3) is 0 Å². The van der Waals surface area contributed by atoms with Crippen molar-refractivity contribution in [3.8, 4) is 0 Å². The van der Waals surface area contributed by atoms with E-state index < -0.39 is 6.29 Å². The molecule has 0 aromatic heterocycles. The molecule has 10 heavy (non-hydrogen) atoms. The Balaban J connectivity index is 3.13. The number of aliphatic hydroxyl groups excluding tert-OH is 1. The van der Waals surface area contributed by atoms with Crippen LogP contribution in [0.2, 0.25) is 0 Å². The first-order valence-corrected chi connectivity index (χ1v) is 3.64. The highest BCUT2D eigenvalue weighted by molar-refractivity contribution is 4.53. The lowest BCUT2D eigenvalue weighted by atomic mass is 10.1. The van der Waals surface area contributed by atoms with Gasteiger partial charge in [-0.1, -0.05) is 0 Å². The number of aliphatic hydroxyl groups is 1. The van der Waals surface area contributed by atoms with E-state index in [-0.39, 0.29) is 6.04 Å². The number of quaternary nitrogens is 2. The molecule has 0 aliphatic carbocycles. The average molecular weight is 149 g/mol. The van der Waals surface area contributed by atoms with Gasteiger partial charge >= 0.3 is 0 Å². The van der Waals surface area contributed by atoms with E-state index in [9.17, 15) is 5.11 Å². The summed E-state index contributed by atoms with van der Waals surface area (Å²) in [5.74, 6) is 0. The van der Waals surface area contributed by atoms with Crippen LogP contribution in [-0.2, 0) is 0 Å². The molecular formula is C6H17N2O2+. The fourth-order valence-electron chi connectivity index (χ4n) is 0.726.